The van der Waals surface area contributed by atoms with Crippen LogP contribution in [0.15, 0.2) is 46.7 Å². The van der Waals surface area contributed by atoms with E-state index in [-0.39, 0.29) is 32.7 Å². The number of benzene rings is 1. The van der Waals surface area contributed by atoms with Gasteiger partial charge in [0.2, 0.25) is 5.78 Å². The Morgan fingerprint density at radius 3 is 2.84 bits per heavy atom. The molecule has 3 heterocycles. The molecule has 10 heteroatoms. The first-order valence-corrected chi connectivity index (χ1v) is 8.95. The fraction of sp³-hybridized carbons (Fsp3) is 0.0667. The predicted octanol–water partition coefficient (Wildman–Crippen LogP) is 1.96. The highest BCUT2D eigenvalue weighted by atomic mass is 35.5. The van der Waals surface area contributed by atoms with E-state index in [0.29, 0.717) is 0 Å². The van der Waals surface area contributed by atoms with Crippen molar-refractivity contribution >= 4 is 39.6 Å². The van der Waals surface area contributed by atoms with Crippen molar-refractivity contribution in [1.82, 2.24) is 23.9 Å². The number of aromatic nitrogens is 5. The van der Waals surface area contributed by atoms with E-state index in [2.05, 4.69) is 15.0 Å². The van der Waals surface area contributed by atoms with Crippen molar-refractivity contribution in [3.8, 4) is 5.69 Å². The topological polar surface area (TPSA) is 88.1 Å². The van der Waals surface area contributed by atoms with E-state index >= 15 is 0 Å². The van der Waals surface area contributed by atoms with Gasteiger partial charge in [-0.05, 0) is 12.1 Å². The first kappa shape index (κ1) is 16.0. The largest absolute Gasteiger partial charge is 0.609 e. The monoisotopic (exact) mass is 377 g/mol. The summed E-state index contributed by atoms with van der Waals surface area (Å²) in [5.41, 5.74) is -0.439. The highest BCUT2D eigenvalue weighted by Gasteiger charge is 2.21. The molecule has 7 nitrogen and oxygen atoms in total. The minimum Gasteiger partial charge on any atom is -0.609 e. The van der Waals surface area contributed by atoms with Gasteiger partial charge in [-0.1, -0.05) is 17.7 Å². The molecule has 0 aliphatic heterocycles. The van der Waals surface area contributed by atoms with Crippen LogP contribution in [-0.2, 0) is 11.2 Å². The van der Waals surface area contributed by atoms with Gasteiger partial charge >= 0.3 is 5.16 Å². The SMILES string of the molecule is C[S+]([O-])c1ncc2c(=O)n(-c3c(F)cccc3Cl)c3nccn3c2n1. The van der Waals surface area contributed by atoms with E-state index in [4.69, 9.17) is 11.6 Å². The Morgan fingerprint density at radius 2 is 2.12 bits per heavy atom. The van der Waals surface area contributed by atoms with Crippen molar-refractivity contribution in [2.24, 2.45) is 0 Å². The van der Waals surface area contributed by atoms with Crippen LogP contribution in [0.25, 0.3) is 22.5 Å². The van der Waals surface area contributed by atoms with E-state index in [1.165, 1.54) is 41.2 Å². The summed E-state index contributed by atoms with van der Waals surface area (Å²) in [5, 5.41) is 0.279. The van der Waals surface area contributed by atoms with Crippen LogP contribution in [0, 0.1) is 5.82 Å². The molecule has 4 aromatic rings. The summed E-state index contributed by atoms with van der Waals surface area (Å²) in [4.78, 5) is 25.2. The second-order valence-electron chi connectivity index (χ2n) is 5.15. The maximum absolute atomic E-state index is 14.4. The van der Waals surface area contributed by atoms with Crippen LogP contribution < -0.4 is 5.56 Å². The predicted molar refractivity (Wildman–Crippen MR) is 91.2 cm³/mol. The smallest absolute Gasteiger partial charge is 0.344 e. The number of halogens is 2. The summed E-state index contributed by atoms with van der Waals surface area (Å²) < 4.78 is 28.6. The molecule has 3 aromatic heterocycles. The summed E-state index contributed by atoms with van der Waals surface area (Å²) in [6.07, 6.45) is 5.72. The number of nitrogens with zero attached hydrogens (tertiary/aromatic N) is 5. The fourth-order valence-electron chi connectivity index (χ4n) is 2.57. The second-order valence-corrected chi connectivity index (χ2v) is 6.83. The van der Waals surface area contributed by atoms with Gasteiger partial charge in [0.15, 0.2) is 5.65 Å². The van der Waals surface area contributed by atoms with Gasteiger partial charge in [-0.3, -0.25) is 9.20 Å². The standard InChI is InChI=1S/C15H9ClFN5O2S/c1-25(24)14-19-7-8-12(20-14)21-6-5-18-15(21)22(13(8)23)11-9(16)3-2-4-10(11)17/h2-7H,1H3. The third-order valence-corrected chi connectivity index (χ3v) is 4.66. The molecule has 0 amide bonds. The molecule has 0 saturated heterocycles. The zero-order chi connectivity index (χ0) is 17.7. The molecule has 0 spiro atoms. The lowest BCUT2D eigenvalue weighted by atomic mass is 10.3. The molecular formula is C15H9ClFN5O2S. The van der Waals surface area contributed by atoms with Gasteiger partial charge in [-0.15, -0.1) is 0 Å². The third kappa shape index (κ3) is 2.39. The van der Waals surface area contributed by atoms with E-state index < -0.39 is 22.6 Å². The van der Waals surface area contributed by atoms with Gasteiger partial charge in [0.1, 0.15) is 23.1 Å². The van der Waals surface area contributed by atoms with E-state index in [1.54, 1.807) is 6.20 Å². The summed E-state index contributed by atoms with van der Waals surface area (Å²) in [5.74, 6) is -0.526. The van der Waals surface area contributed by atoms with Crippen LogP contribution in [0.4, 0.5) is 4.39 Å². The lowest BCUT2D eigenvalue weighted by Crippen LogP contribution is -2.24. The summed E-state index contributed by atoms with van der Waals surface area (Å²) >= 11 is 4.70. The number of imidazole rings is 1. The van der Waals surface area contributed by atoms with Gasteiger partial charge in [0.25, 0.3) is 5.56 Å². The Balaban J connectivity index is 2.20. The normalized spacial score (nSPS) is 12.8. The van der Waals surface area contributed by atoms with Crippen molar-refractivity contribution in [3.63, 3.8) is 0 Å². The molecule has 25 heavy (non-hydrogen) atoms. The maximum atomic E-state index is 14.4. The van der Waals surface area contributed by atoms with Gasteiger partial charge in [-0.2, -0.15) is 9.97 Å². The van der Waals surface area contributed by atoms with Crippen LogP contribution >= 0.6 is 11.6 Å². The average molecular weight is 378 g/mol. The van der Waals surface area contributed by atoms with Gasteiger partial charge in [0.05, 0.1) is 11.2 Å². The number of rotatable bonds is 2. The molecule has 0 fully saturated rings. The Hall–Kier alpha value is -2.49. The third-order valence-electron chi connectivity index (χ3n) is 3.65. The van der Waals surface area contributed by atoms with Crippen LogP contribution in [0.2, 0.25) is 5.02 Å². The summed E-state index contributed by atoms with van der Waals surface area (Å²) in [6, 6.07) is 4.13. The Morgan fingerprint density at radius 1 is 1.32 bits per heavy atom. The molecule has 126 valence electrons. The van der Waals surface area contributed by atoms with Crippen LogP contribution in [0.1, 0.15) is 0 Å². The molecule has 0 bridgehead atoms. The number of fused-ring (bicyclic) bond motifs is 3. The van der Waals surface area contributed by atoms with Crippen molar-refractivity contribution in [2.45, 2.75) is 5.16 Å². The molecule has 0 N–H and O–H groups in total. The quantitative estimate of drug-likeness (QED) is 0.393. The van der Waals surface area contributed by atoms with Crippen molar-refractivity contribution in [2.75, 3.05) is 6.26 Å². The first-order chi connectivity index (χ1) is 12.0. The Labute approximate surface area is 147 Å². The van der Waals surface area contributed by atoms with E-state index in [9.17, 15) is 13.7 Å². The van der Waals surface area contributed by atoms with Crippen molar-refractivity contribution in [1.29, 1.82) is 0 Å². The number of hydrogen-bond donors (Lipinski definition) is 0. The molecular weight excluding hydrogens is 369 g/mol. The first-order valence-electron chi connectivity index (χ1n) is 7.01. The molecule has 0 aliphatic rings. The zero-order valence-corrected chi connectivity index (χ0v) is 14.3. The second kappa shape index (κ2) is 5.80. The molecule has 0 radical (unpaired) electrons. The zero-order valence-electron chi connectivity index (χ0n) is 12.7. The molecule has 1 atom stereocenters. The molecule has 1 aromatic carbocycles. The highest BCUT2D eigenvalue weighted by molar-refractivity contribution is 7.90. The van der Waals surface area contributed by atoms with Crippen LogP contribution in [0.5, 0.6) is 0 Å². The van der Waals surface area contributed by atoms with E-state index in [1.807, 2.05) is 0 Å². The molecule has 4 rings (SSSR count). The minimum atomic E-state index is -1.42. The van der Waals surface area contributed by atoms with Crippen LogP contribution in [-0.4, -0.2) is 34.7 Å². The van der Waals surface area contributed by atoms with Crippen molar-refractivity contribution in [3.05, 3.63) is 58.0 Å². The van der Waals surface area contributed by atoms with Gasteiger partial charge < -0.3 is 4.55 Å². The number of hydrogen-bond acceptors (Lipinski definition) is 5. The van der Waals surface area contributed by atoms with E-state index in [0.717, 1.165) is 4.57 Å². The highest BCUT2D eigenvalue weighted by Crippen LogP contribution is 2.24. The van der Waals surface area contributed by atoms with Gasteiger partial charge in [0, 0.05) is 23.6 Å². The maximum Gasteiger partial charge on any atom is 0.344 e. The molecule has 1 unspecified atom stereocenters. The summed E-state index contributed by atoms with van der Waals surface area (Å²) in [7, 11) is 0. The summed E-state index contributed by atoms with van der Waals surface area (Å²) in [6.45, 7) is 0. The fourth-order valence-corrected chi connectivity index (χ4v) is 3.24. The Bertz CT molecular complexity index is 1170. The van der Waals surface area contributed by atoms with Gasteiger partial charge in [-0.25, -0.2) is 13.9 Å². The molecule has 0 aliphatic carbocycles. The lowest BCUT2D eigenvalue weighted by molar-refractivity contribution is 0.592. The minimum absolute atomic E-state index is 0.0681. The van der Waals surface area contributed by atoms with Crippen molar-refractivity contribution < 1.29 is 8.94 Å². The lowest BCUT2D eigenvalue weighted by Gasteiger charge is -2.12. The Kier molecular flexibility index (Phi) is 3.71. The van der Waals surface area contributed by atoms with Crippen LogP contribution in [0.3, 0.4) is 0 Å². The molecule has 0 saturated carbocycles. The average Bonchev–Trinajstić information content (AvgIpc) is 3.06. The number of para-hydroxylation sites is 1.